The van der Waals surface area contributed by atoms with Crippen molar-refractivity contribution < 1.29 is 4.74 Å². The summed E-state index contributed by atoms with van der Waals surface area (Å²) in [6, 6.07) is 11.8. The Morgan fingerprint density at radius 3 is 3.10 bits per heavy atom. The molecule has 0 bridgehead atoms. The fourth-order valence-corrected chi connectivity index (χ4v) is 3.01. The fourth-order valence-electron chi connectivity index (χ4n) is 3.01. The van der Waals surface area contributed by atoms with Gasteiger partial charge in [0.05, 0.1) is 6.61 Å². The molecule has 1 saturated carbocycles. The third-order valence-corrected chi connectivity index (χ3v) is 4.47. The molecule has 2 heterocycles. The molecule has 3 heteroatoms. The predicted molar refractivity (Wildman–Crippen MR) is 83.6 cm³/mol. The highest BCUT2D eigenvalue weighted by atomic mass is 16.5. The lowest BCUT2D eigenvalue weighted by Crippen LogP contribution is -2.18. The molecule has 1 aromatic heterocycles. The van der Waals surface area contributed by atoms with E-state index in [-0.39, 0.29) is 0 Å². The Morgan fingerprint density at radius 1 is 1.24 bits per heavy atom. The summed E-state index contributed by atoms with van der Waals surface area (Å²) in [4.78, 5) is 0. The van der Waals surface area contributed by atoms with Crippen molar-refractivity contribution >= 4 is 0 Å². The molecule has 0 atom stereocenters. The number of aryl methyl sites for hydroxylation is 2. The van der Waals surface area contributed by atoms with Crippen molar-refractivity contribution in [3.05, 3.63) is 53.3 Å². The van der Waals surface area contributed by atoms with E-state index in [1.165, 1.54) is 29.7 Å². The molecule has 21 heavy (non-hydrogen) atoms. The zero-order valence-corrected chi connectivity index (χ0v) is 12.3. The largest absolute Gasteiger partial charge is 0.493 e. The molecular weight excluding hydrogens is 260 g/mol. The van der Waals surface area contributed by atoms with Crippen molar-refractivity contribution in [3.63, 3.8) is 0 Å². The molecule has 0 radical (unpaired) electrons. The van der Waals surface area contributed by atoms with E-state index in [1.54, 1.807) is 0 Å². The van der Waals surface area contributed by atoms with E-state index in [0.29, 0.717) is 0 Å². The summed E-state index contributed by atoms with van der Waals surface area (Å²) >= 11 is 0. The molecule has 0 spiro atoms. The highest BCUT2D eigenvalue weighted by Crippen LogP contribution is 2.26. The molecule has 0 saturated heterocycles. The first-order chi connectivity index (χ1) is 10.4. The van der Waals surface area contributed by atoms with Gasteiger partial charge in [-0.3, -0.25) is 0 Å². The van der Waals surface area contributed by atoms with Gasteiger partial charge in [-0.25, -0.2) is 0 Å². The van der Waals surface area contributed by atoms with Crippen LogP contribution in [0.3, 0.4) is 0 Å². The predicted octanol–water partition coefficient (Wildman–Crippen LogP) is 2.92. The van der Waals surface area contributed by atoms with Gasteiger partial charge >= 0.3 is 0 Å². The topological polar surface area (TPSA) is 26.2 Å². The molecule has 0 unspecified atom stereocenters. The summed E-state index contributed by atoms with van der Waals surface area (Å²) < 4.78 is 7.94. The maximum absolute atomic E-state index is 5.57. The van der Waals surface area contributed by atoms with Crippen LogP contribution in [0.5, 0.6) is 5.75 Å². The van der Waals surface area contributed by atoms with Gasteiger partial charge in [0.25, 0.3) is 0 Å². The van der Waals surface area contributed by atoms with Crippen molar-refractivity contribution in [2.24, 2.45) is 0 Å². The monoisotopic (exact) mass is 282 g/mol. The van der Waals surface area contributed by atoms with E-state index in [0.717, 1.165) is 44.3 Å². The van der Waals surface area contributed by atoms with Crippen LogP contribution in [0, 0.1) is 0 Å². The SMILES string of the molecule is c1cc(CNC2CC2)n(CCc2ccc3c(c2)CCO3)c1. The van der Waals surface area contributed by atoms with Gasteiger partial charge in [0, 0.05) is 37.4 Å². The Labute approximate surface area is 125 Å². The van der Waals surface area contributed by atoms with E-state index in [1.807, 2.05) is 0 Å². The molecule has 1 aliphatic carbocycles. The summed E-state index contributed by atoms with van der Waals surface area (Å²) in [7, 11) is 0. The zero-order valence-electron chi connectivity index (χ0n) is 12.3. The second-order valence-electron chi connectivity index (χ2n) is 6.14. The summed E-state index contributed by atoms with van der Waals surface area (Å²) in [6.07, 6.45) is 7.03. The van der Waals surface area contributed by atoms with Crippen LogP contribution < -0.4 is 10.1 Å². The molecule has 2 aliphatic rings. The quantitative estimate of drug-likeness (QED) is 0.881. The first-order valence-electron chi connectivity index (χ1n) is 8.00. The number of fused-ring (bicyclic) bond motifs is 1. The molecule has 4 rings (SSSR count). The number of benzene rings is 1. The van der Waals surface area contributed by atoms with E-state index in [4.69, 9.17) is 4.74 Å². The van der Waals surface area contributed by atoms with Crippen LogP contribution in [0.1, 0.15) is 29.7 Å². The van der Waals surface area contributed by atoms with Crippen LogP contribution in [0.25, 0.3) is 0 Å². The number of nitrogens with zero attached hydrogens (tertiary/aromatic N) is 1. The molecule has 3 nitrogen and oxygen atoms in total. The van der Waals surface area contributed by atoms with Crippen molar-refractivity contribution in [3.8, 4) is 5.75 Å². The molecule has 2 aromatic rings. The number of hydrogen-bond acceptors (Lipinski definition) is 2. The van der Waals surface area contributed by atoms with Crippen molar-refractivity contribution in [1.29, 1.82) is 0 Å². The highest BCUT2D eigenvalue weighted by molar-refractivity contribution is 5.39. The van der Waals surface area contributed by atoms with E-state index < -0.39 is 0 Å². The maximum Gasteiger partial charge on any atom is 0.122 e. The molecule has 1 aromatic carbocycles. The standard InChI is InChI=1S/C18H22N2O/c1-2-17(13-19-16-4-5-16)20(9-1)10-7-14-3-6-18-15(12-14)8-11-21-18/h1-3,6,9,12,16,19H,4-5,7-8,10-11,13H2. The summed E-state index contributed by atoms with van der Waals surface area (Å²) in [5, 5.41) is 3.59. The fraction of sp³-hybridized carbons (Fsp3) is 0.444. The van der Waals surface area contributed by atoms with Gasteiger partial charge in [0.1, 0.15) is 5.75 Å². The second kappa shape index (κ2) is 5.57. The van der Waals surface area contributed by atoms with Gasteiger partial charge in [0.15, 0.2) is 0 Å². The Hall–Kier alpha value is -1.74. The molecule has 0 amide bonds. The third kappa shape index (κ3) is 2.98. The van der Waals surface area contributed by atoms with Gasteiger partial charge in [-0.1, -0.05) is 12.1 Å². The number of rotatable bonds is 6. The van der Waals surface area contributed by atoms with Gasteiger partial charge in [-0.15, -0.1) is 0 Å². The first-order valence-corrected chi connectivity index (χ1v) is 8.00. The normalized spacial score (nSPS) is 16.8. The second-order valence-corrected chi connectivity index (χ2v) is 6.14. The first kappa shape index (κ1) is 13.0. The lowest BCUT2D eigenvalue weighted by Gasteiger charge is -2.10. The van der Waals surface area contributed by atoms with Gasteiger partial charge < -0.3 is 14.6 Å². The minimum Gasteiger partial charge on any atom is -0.493 e. The molecule has 1 N–H and O–H groups in total. The molecule has 1 aliphatic heterocycles. The highest BCUT2D eigenvalue weighted by Gasteiger charge is 2.20. The molecule has 1 fully saturated rings. The average Bonchev–Trinajstić information content (AvgIpc) is 3.04. The Kier molecular flexibility index (Phi) is 3.44. The van der Waals surface area contributed by atoms with Gasteiger partial charge in [-0.05, 0) is 48.6 Å². The number of nitrogens with one attached hydrogen (secondary N) is 1. The number of ether oxygens (including phenoxy) is 1. The smallest absolute Gasteiger partial charge is 0.122 e. The van der Waals surface area contributed by atoms with Crippen molar-refractivity contribution in [1.82, 2.24) is 9.88 Å². The van der Waals surface area contributed by atoms with Crippen LogP contribution in [0.15, 0.2) is 36.5 Å². The number of aromatic nitrogens is 1. The molecule has 110 valence electrons. The van der Waals surface area contributed by atoms with Gasteiger partial charge in [-0.2, -0.15) is 0 Å². The summed E-state index contributed by atoms with van der Waals surface area (Å²) in [5.74, 6) is 1.08. The Morgan fingerprint density at radius 2 is 2.19 bits per heavy atom. The third-order valence-electron chi connectivity index (χ3n) is 4.47. The van der Waals surface area contributed by atoms with Gasteiger partial charge in [0.2, 0.25) is 0 Å². The van der Waals surface area contributed by atoms with Crippen LogP contribution in [-0.4, -0.2) is 17.2 Å². The van der Waals surface area contributed by atoms with Crippen LogP contribution in [0.2, 0.25) is 0 Å². The Balaban J connectivity index is 1.38. The van der Waals surface area contributed by atoms with E-state index >= 15 is 0 Å². The van der Waals surface area contributed by atoms with E-state index in [2.05, 4.69) is 46.4 Å². The van der Waals surface area contributed by atoms with Crippen LogP contribution >= 0.6 is 0 Å². The minimum atomic E-state index is 0.769. The van der Waals surface area contributed by atoms with E-state index in [9.17, 15) is 0 Å². The minimum absolute atomic E-state index is 0.769. The lowest BCUT2D eigenvalue weighted by molar-refractivity contribution is 0.357. The number of hydrogen-bond donors (Lipinski definition) is 1. The van der Waals surface area contributed by atoms with Crippen LogP contribution in [0.4, 0.5) is 0 Å². The lowest BCUT2D eigenvalue weighted by atomic mass is 10.1. The van der Waals surface area contributed by atoms with Crippen molar-refractivity contribution in [2.75, 3.05) is 6.61 Å². The summed E-state index contributed by atoms with van der Waals surface area (Å²) in [6.45, 7) is 2.89. The average molecular weight is 282 g/mol. The Bertz CT molecular complexity index is 628. The zero-order chi connectivity index (χ0) is 14.1. The van der Waals surface area contributed by atoms with Crippen molar-refractivity contribution in [2.45, 2.75) is 44.8 Å². The summed E-state index contributed by atoms with van der Waals surface area (Å²) in [5.41, 5.74) is 4.18. The maximum atomic E-state index is 5.57. The van der Waals surface area contributed by atoms with Crippen LogP contribution in [-0.2, 0) is 25.9 Å². The molecular formula is C18H22N2O.